The van der Waals surface area contributed by atoms with Crippen LogP contribution in [0.1, 0.15) is 34.6 Å². The number of carbonyl (C=O) groups is 2. The van der Waals surface area contributed by atoms with Crippen LogP contribution in [-0.2, 0) is 10.0 Å². The van der Waals surface area contributed by atoms with Gasteiger partial charge in [-0.1, -0.05) is 12.1 Å². The third-order valence-corrected chi connectivity index (χ3v) is 5.58. The van der Waals surface area contributed by atoms with Crippen molar-refractivity contribution in [2.24, 2.45) is 0 Å². The molecule has 0 bridgehead atoms. The molecule has 0 aliphatic heterocycles. The van der Waals surface area contributed by atoms with Crippen molar-refractivity contribution in [3.8, 4) is 0 Å². The number of benzene rings is 2. The number of ketones is 1. The molecule has 0 aromatic heterocycles. The minimum atomic E-state index is -3.34. The molecule has 0 heterocycles. The molecule has 0 fully saturated rings. The van der Waals surface area contributed by atoms with Gasteiger partial charge in [-0.2, -0.15) is 0 Å². The van der Waals surface area contributed by atoms with E-state index in [4.69, 9.17) is 0 Å². The summed E-state index contributed by atoms with van der Waals surface area (Å²) < 4.78 is 24.9. The van der Waals surface area contributed by atoms with Crippen LogP contribution in [0.2, 0.25) is 0 Å². The van der Waals surface area contributed by atoms with Gasteiger partial charge >= 0.3 is 0 Å². The molecule has 0 atom stereocenters. The fourth-order valence-electron chi connectivity index (χ4n) is 2.20. The maximum atomic E-state index is 12.3. The van der Waals surface area contributed by atoms with E-state index in [1.165, 1.54) is 18.3 Å². The number of sulfonamides is 1. The molecule has 2 aromatic rings. The van der Waals surface area contributed by atoms with Crippen LogP contribution >= 0.6 is 0 Å². The highest BCUT2D eigenvalue weighted by Crippen LogP contribution is 2.18. The molecule has 0 saturated heterocycles. The average molecular weight is 360 g/mol. The number of anilines is 2. The monoisotopic (exact) mass is 360 g/mol. The Kier molecular flexibility index (Phi) is 5.58. The van der Waals surface area contributed by atoms with Crippen LogP contribution in [0.3, 0.4) is 0 Å². The van der Waals surface area contributed by atoms with Gasteiger partial charge < -0.3 is 5.32 Å². The Morgan fingerprint density at radius 3 is 2.24 bits per heavy atom. The van der Waals surface area contributed by atoms with Gasteiger partial charge in [0.05, 0.1) is 11.4 Å². The van der Waals surface area contributed by atoms with Crippen LogP contribution in [0, 0.1) is 0 Å². The van der Waals surface area contributed by atoms with Crippen molar-refractivity contribution in [3.05, 3.63) is 59.7 Å². The van der Waals surface area contributed by atoms with Crippen LogP contribution < -0.4 is 9.62 Å². The summed E-state index contributed by atoms with van der Waals surface area (Å²) in [5.41, 5.74) is 1.91. The van der Waals surface area contributed by atoms with Gasteiger partial charge in [0.1, 0.15) is 0 Å². The number of hydrogen-bond acceptors (Lipinski definition) is 4. The average Bonchev–Trinajstić information content (AvgIpc) is 2.61. The zero-order valence-electron chi connectivity index (χ0n) is 14.3. The molecular weight excluding hydrogens is 340 g/mol. The zero-order chi connectivity index (χ0) is 18.6. The quantitative estimate of drug-likeness (QED) is 0.803. The van der Waals surface area contributed by atoms with E-state index in [0.717, 1.165) is 0 Å². The molecule has 6 nitrogen and oxygen atoms in total. The van der Waals surface area contributed by atoms with Crippen molar-refractivity contribution in [1.29, 1.82) is 0 Å². The van der Waals surface area contributed by atoms with Crippen LogP contribution in [-0.4, -0.2) is 32.9 Å². The van der Waals surface area contributed by atoms with E-state index in [1.807, 2.05) is 0 Å². The van der Waals surface area contributed by atoms with Crippen molar-refractivity contribution in [1.82, 2.24) is 0 Å². The summed E-state index contributed by atoms with van der Waals surface area (Å²) in [4.78, 5) is 23.7. The molecule has 1 amide bonds. The van der Waals surface area contributed by atoms with Crippen LogP contribution in [0.5, 0.6) is 0 Å². The van der Waals surface area contributed by atoms with Gasteiger partial charge in [0.15, 0.2) is 5.78 Å². The molecule has 132 valence electrons. The van der Waals surface area contributed by atoms with Crippen molar-refractivity contribution in [3.63, 3.8) is 0 Å². The van der Waals surface area contributed by atoms with E-state index in [2.05, 4.69) is 5.32 Å². The predicted octanol–water partition coefficient (Wildman–Crippen LogP) is 2.93. The molecular formula is C18H20N2O4S. The van der Waals surface area contributed by atoms with Crippen molar-refractivity contribution in [2.75, 3.05) is 22.4 Å². The topological polar surface area (TPSA) is 83.6 Å². The van der Waals surface area contributed by atoms with Gasteiger partial charge in [0.2, 0.25) is 10.0 Å². The SMILES string of the molecule is CCS(=O)(=O)N(C)c1ccc(C(=O)Nc2cccc(C(C)=O)c2)cc1. The van der Waals surface area contributed by atoms with Crippen molar-refractivity contribution < 1.29 is 18.0 Å². The van der Waals surface area contributed by atoms with E-state index in [0.29, 0.717) is 22.5 Å². The van der Waals surface area contributed by atoms with Crippen LogP contribution in [0.25, 0.3) is 0 Å². The fraction of sp³-hybridized carbons (Fsp3) is 0.222. The smallest absolute Gasteiger partial charge is 0.255 e. The van der Waals surface area contributed by atoms with Gasteiger partial charge in [0, 0.05) is 23.9 Å². The molecule has 0 aliphatic rings. The maximum absolute atomic E-state index is 12.3. The van der Waals surface area contributed by atoms with Gasteiger partial charge in [0.25, 0.3) is 5.91 Å². The Balaban J connectivity index is 2.16. The highest BCUT2D eigenvalue weighted by molar-refractivity contribution is 7.92. The summed E-state index contributed by atoms with van der Waals surface area (Å²) in [7, 11) is -1.87. The summed E-state index contributed by atoms with van der Waals surface area (Å²) in [5, 5.41) is 2.72. The minimum Gasteiger partial charge on any atom is -0.322 e. The molecule has 1 N–H and O–H groups in total. The first-order valence-electron chi connectivity index (χ1n) is 7.73. The Morgan fingerprint density at radius 1 is 1.04 bits per heavy atom. The lowest BCUT2D eigenvalue weighted by atomic mass is 10.1. The normalized spacial score (nSPS) is 11.0. The summed E-state index contributed by atoms with van der Waals surface area (Å²) >= 11 is 0. The molecule has 0 spiro atoms. The number of rotatable bonds is 6. The van der Waals surface area contributed by atoms with E-state index >= 15 is 0 Å². The second-order valence-electron chi connectivity index (χ2n) is 5.51. The van der Waals surface area contributed by atoms with Gasteiger partial charge in [-0.15, -0.1) is 0 Å². The lowest BCUT2D eigenvalue weighted by Gasteiger charge is -2.18. The Bertz CT molecular complexity index is 890. The first kappa shape index (κ1) is 18.7. The summed E-state index contributed by atoms with van der Waals surface area (Å²) in [5.74, 6) is -0.424. The van der Waals surface area contributed by atoms with Crippen molar-refractivity contribution in [2.45, 2.75) is 13.8 Å². The second-order valence-corrected chi connectivity index (χ2v) is 7.79. The second kappa shape index (κ2) is 7.48. The van der Waals surface area contributed by atoms with Crippen LogP contribution in [0.4, 0.5) is 11.4 Å². The molecule has 2 aromatic carbocycles. The number of carbonyl (C=O) groups excluding carboxylic acids is 2. The summed E-state index contributed by atoms with van der Waals surface area (Å²) in [6, 6.07) is 12.9. The summed E-state index contributed by atoms with van der Waals surface area (Å²) in [6.07, 6.45) is 0. The van der Waals surface area contributed by atoms with E-state index in [1.54, 1.807) is 55.5 Å². The standard InChI is InChI=1S/C18H20N2O4S/c1-4-25(23,24)20(3)17-10-8-14(9-11-17)18(22)19-16-7-5-6-15(12-16)13(2)21/h5-12H,4H2,1-3H3,(H,19,22). The lowest BCUT2D eigenvalue weighted by Crippen LogP contribution is -2.28. The molecule has 25 heavy (non-hydrogen) atoms. The highest BCUT2D eigenvalue weighted by atomic mass is 32.2. The largest absolute Gasteiger partial charge is 0.322 e. The Hall–Kier alpha value is -2.67. The lowest BCUT2D eigenvalue weighted by molar-refractivity contribution is 0.101. The number of nitrogens with one attached hydrogen (secondary N) is 1. The molecule has 0 saturated carbocycles. The first-order valence-corrected chi connectivity index (χ1v) is 9.34. The molecule has 0 unspecified atom stereocenters. The number of nitrogens with zero attached hydrogens (tertiary/aromatic N) is 1. The molecule has 0 aliphatic carbocycles. The Labute approximate surface area is 147 Å². The first-order chi connectivity index (χ1) is 11.7. The van der Waals surface area contributed by atoms with E-state index in [-0.39, 0.29) is 17.4 Å². The number of hydrogen-bond donors (Lipinski definition) is 1. The third kappa shape index (κ3) is 4.45. The predicted molar refractivity (Wildman–Crippen MR) is 98.7 cm³/mol. The highest BCUT2D eigenvalue weighted by Gasteiger charge is 2.16. The summed E-state index contributed by atoms with van der Waals surface area (Å²) in [6.45, 7) is 3.03. The van der Waals surface area contributed by atoms with Gasteiger partial charge in [-0.05, 0) is 50.2 Å². The third-order valence-electron chi connectivity index (χ3n) is 3.80. The number of amides is 1. The van der Waals surface area contributed by atoms with Gasteiger partial charge in [-0.3, -0.25) is 13.9 Å². The molecule has 7 heteroatoms. The number of Topliss-reactive ketones (excluding diaryl/α,β-unsaturated/α-hetero) is 1. The maximum Gasteiger partial charge on any atom is 0.255 e. The fourth-order valence-corrected chi connectivity index (χ4v) is 3.03. The molecule has 2 rings (SSSR count). The minimum absolute atomic E-state index is 0.00176. The Morgan fingerprint density at radius 2 is 1.68 bits per heavy atom. The molecule has 0 radical (unpaired) electrons. The van der Waals surface area contributed by atoms with E-state index < -0.39 is 10.0 Å². The zero-order valence-corrected chi connectivity index (χ0v) is 15.1. The van der Waals surface area contributed by atoms with Crippen LogP contribution in [0.15, 0.2) is 48.5 Å². The van der Waals surface area contributed by atoms with Crippen molar-refractivity contribution >= 4 is 33.1 Å². The van der Waals surface area contributed by atoms with Gasteiger partial charge in [-0.25, -0.2) is 8.42 Å². The van der Waals surface area contributed by atoms with E-state index in [9.17, 15) is 18.0 Å².